The van der Waals surface area contributed by atoms with Gasteiger partial charge in [-0.2, -0.15) is 0 Å². The first-order chi connectivity index (χ1) is 11.7. The van der Waals surface area contributed by atoms with E-state index in [9.17, 15) is 0 Å². The number of rotatable bonds is 2. The van der Waals surface area contributed by atoms with Crippen LogP contribution in [-0.2, 0) is 0 Å². The van der Waals surface area contributed by atoms with Crippen molar-refractivity contribution in [1.29, 1.82) is 0 Å². The van der Waals surface area contributed by atoms with E-state index in [1.807, 2.05) is 30.3 Å². The van der Waals surface area contributed by atoms with Gasteiger partial charge in [-0.3, -0.25) is 0 Å². The van der Waals surface area contributed by atoms with Crippen LogP contribution in [0.15, 0.2) is 84.9 Å². The Morgan fingerprint density at radius 1 is 0.500 bits per heavy atom. The molecule has 0 atom stereocenters. The summed E-state index contributed by atoms with van der Waals surface area (Å²) in [5.41, 5.74) is 18.2. The van der Waals surface area contributed by atoms with Crippen LogP contribution in [0.3, 0.4) is 0 Å². The molecule has 4 N–H and O–H groups in total. The second-order valence-corrected chi connectivity index (χ2v) is 5.92. The number of hydrogen-bond acceptors (Lipinski definition) is 2. The fraction of sp³-hybridized carbons (Fsp3) is 0. The summed E-state index contributed by atoms with van der Waals surface area (Å²) in [4.78, 5) is 0. The third-order valence-electron chi connectivity index (χ3n) is 4.42. The van der Waals surface area contributed by atoms with E-state index in [0.717, 1.165) is 21.9 Å². The maximum absolute atomic E-state index is 6.14. The molecule has 0 saturated carbocycles. The van der Waals surface area contributed by atoms with Gasteiger partial charge in [0.15, 0.2) is 0 Å². The van der Waals surface area contributed by atoms with Crippen LogP contribution in [0.5, 0.6) is 0 Å². The highest BCUT2D eigenvalue weighted by Gasteiger charge is 2.09. The Bertz CT molecular complexity index is 1000. The molecule has 0 unspecified atom stereocenters. The average molecular weight is 310 g/mol. The lowest BCUT2D eigenvalue weighted by molar-refractivity contribution is 1.60. The normalized spacial score (nSPS) is 10.8. The maximum Gasteiger partial charge on any atom is 0.0627 e. The van der Waals surface area contributed by atoms with E-state index in [4.69, 9.17) is 11.5 Å². The molecule has 4 aromatic carbocycles. The number of nitrogen functional groups attached to an aromatic ring is 2. The number of benzene rings is 4. The van der Waals surface area contributed by atoms with Gasteiger partial charge >= 0.3 is 0 Å². The standard InChI is InChI=1S/C22H18N2/c23-21-14-20(18-8-4-5-9-19(18)22(21)24)17-12-10-16(11-13-17)15-6-2-1-3-7-15/h1-14H,23-24H2. The van der Waals surface area contributed by atoms with E-state index in [0.29, 0.717) is 11.4 Å². The topological polar surface area (TPSA) is 52.0 Å². The van der Waals surface area contributed by atoms with Crippen molar-refractivity contribution < 1.29 is 0 Å². The Morgan fingerprint density at radius 2 is 1.04 bits per heavy atom. The third kappa shape index (κ3) is 2.38. The molecular formula is C22H18N2. The predicted octanol–water partition coefficient (Wildman–Crippen LogP) is 5.34. The van der Waals surface area contributed by atoms with E-state index < -0.39 is 0 Å². The second-order valence-electron chi connectivity index (χ2n) is 5.92. The van der Waals surface area contributed by atoms with Crippen LogP contribution in [0.25, 0.3) is 33.0 Å². The Morgan fingerprint density at radius 3 is 1.75 bits per heavy atom. The monoisotopic (exact) mass is 310 g/mol. The molecule has 0 fully saturated rings. The molecular weight excluding hydrogens is 292 g/mol. The molecule has 2 nitrogen and oxygen atoms in total. The molecule has 0 aromatic heterocycles. The van der Waals surface area contributed by atoms with E-state index in [2.05, 4.69) is 54.6 Å². The predicted molar refractivity (Wildman–Crippen MR) is 104 cm³/mol. The lowest BCUT2D eigenvalue weighted by atomic mass is 9.94. The molecule has 24 heavy (non-hydrogen) atoms. The Balaban J connectivity index is 1.85. The van der Waals surface area contributed by atoms with E-state index in [1.54, 1.807) is 0 Å². The van der Waals surface area contributed by atoms with Gasteiger partial charge in [-0.05, 0) is 33.7 Å². The first-order valence-corrected chi connectivity index (χ1v) is 7.96. The minimum atomic E-state index is 0.621. The Kier molecular flexibility index (Phi) is 3.43. The highest BCUT2D eigenvalue weighted by Crippen LogP contribution is 2.36. The van der Waals surface area contributed by atoms with Crippen molar-refractivity contribution in [3.05, 3.63) is 84.9 Å². The van der Waals surface area contributed by atoms with Crippen LogP contribution in [0.2, 0.25) is 0 Å². The van der Waals surface area contributed by atoms with Crippen LogP contribution in [0, 0.1) is 0 Å². The van der Waals surface area contributed by atoms with Gasteiger partial charge in [0, 0.05) is 5.39 Å². The molecule has 0 heterocycles. The molecule has 0 radical (unpaired) electrons. The van der Waals surface area contributed by atoms with Gasteiger partial charge in [0.05, 0.1) is 11.4 Å². The molecule has 0 saturated heterocycles. The molecule has 0 amide bonds. The minimum Gasteiger partial charge on any atom is -0.397 e. The maximum atomic E-state index is 6.14. The molecule has 0 aliphatic carbocycles. The van der Waals surface area contributed by atoms with Crippen molar-refractivity contribution in [2.24, 2.45) is 0 Å². The summed E-state index contributed by atoms with van der Waals surface area (Å²) < 4.78 is 0. The lowest BCUT2D eigenvalue weighted by Gasteiger charge is -2.12. The van der Waals surface area contributed by atoms with Crippen LogP contribution >= 0.6 is 0 Å². The molecule has 116 valence electrons. The third-order valence-corrected chi connectivity index (χ3v) is 4.42. The largest absolute Gasteiger partial charge is 0.397 e. The molecule has 0 aliphatic heterocycles. The Hall–Kier alpha value is -3.26. The van der Waals surface area contributed by atoms with Crippen molar-refractivity contribution in [1.82, 2.24) is 0 Å². The Labute approximate surface area is 141 Å². The van der Waals surface area contributed by atoms with Gasteiger partial charge in [0.1, 0.15) is 0 Å². The summed E-state index contributed by atoms with van der Waals surface area (Å²) in [5, 5.41) is 2.12. The van der Waals surface area contributed by atoms with Crippen molar-refractivity contribution in [3.8, 4) is 22.3 Å². The highest BCUT2D eigenvalue weighted by molar-refractivity contribution is 6.07. The van der Waals surface area contributed by atoms with Gasteiger partial charge in [0.2, 0.25) is 0 Å². The van der Waals surface area contributed by atoms with Gasteiger partial charge in [-0.15, -0.1) is 0 Å². The van der Waals surface area contributed by atoms with Crippen LogP contribution < -0.4 is 11.5 Å². The van der Waals surface area contributed by atoms with Gasteiger partial charge in [-0.25, -0.2) is 0 Å². The van der Waals surface area contributed by atoms with Gasteiger partial charge in [-0.1, -0.05) is 78.9 Å². The van der Waals surface area contributed by atoms with Crippen molar-refractivity contribution in [3.63, 3.8) is 0 Å². The quantitative estimate of drug-likeness (QED) is 0.491. The van der Waals surface area contributed by atoms with Crippen LogP contribution in [-0.4, -0.2) is 0 Å². The SMILES string of the molecule is Nc1cc(-c2ccc(-c3ccccc3)cc2)c2ccccc2c1N. The molecule has 2 heteroatoms. The summed E-state index contributed by atoms with van der Waals surface area (Å²) in [5.74, 6) is 0. The fourth-order valence-corrected chi connectivity index (χ4v) is 3.13. The van der Waals surface area contributed by atoms with E-state index in [-0.39, 0.29) is 0 Å². The lowest BCUT2D eigenvalue weighted by Crippen LogP contribution is -1.97. The number of hydrogen-bond donors (Lipinski definition) is 2. The minimum absolute atomic E-state index is 0.621. The summed E-state index contributed by atoms with van der Waals surface area (Å²) in [6.07, 6.45) is 0. The smallest absolute Gasteiger partial charge is 0.0627 e. The van der Waals surface area contributed by atoms with Crippen molar-refractivity contribution in [2.75, 3.05) is 11.5 Å². The summed E-state index contributed by atoms with van der Waals surface area (Å²) in [7, 11) is 0. The molecule has 0 bridgehead atoms. The van der Waals surface area contributed by atoms with Gasteiger partial charge < -0.3 is 11.5 Å². The zero-order chi connectivity index (χ0) is 16.5. The molecule has 4 aromatic rings. The zero-order valence-corrected chi connectivity index (χ0v) is 13.2. The molecule has 0 spiro atoms. The van der Waals surface area contributed by atoms with Crippen molar-refractivity contribution in [2.45, 2.75) is 0 Å². The second kappa shape index (κ2) is 5.74. The van der Waals surface area contributed by atoms with Gasteiger partial charge in [0.25, 0.3) is 0 Å². The average Bonchev–Trinajstić information content (AvgIpc) is 2.66. The molecule has 0 aliphatic rings. The van der Waals surface area contributed by atoms with Crippen molar-refractivity contribution >= 4 is 22.1 Å². The number of anilines is 2. The fourth-order valence-electron chi connectivity index (χ4n) is 3.13. The first kappa shape index (κ1) is 14.3. The van der Waals surface area contributed by atoms with Crippen LogP contribution in [0.1, 0.15) is 0 Å². The zero-order valence-electron chi connectivity index (χ0n) is 13.2. The van der Waals surface area contributed by atoms with Crippen LogP contribution in [0.4, 0.5) is 11.4 Å². The summed E-state index contributed by atoms with van der Waals surface area (Å²) in [6, 6.07) is 29.0. The summed E-state index contributed by atoms with van der Waals surface area (Å²) in [6.45, 7) is 0. The first-order valence-electron chi connectivity index (χ1n) is 7.96. The summed E-state index contributed by atoms with van der Waals surface area (Å²) >= 11 is 0. The van der Waals surface area contributed by atoms with E-state index in [1.165, 1.54) is 11.1 Å². The number of fused-ring (bicyclic) bond motifs is 1. The van der Waals surface area contributed by atoms with E-state index >= 15 is 0 Å². The highest BCUT2D eigenvalue weighted by atomic mass is 14.7. The molecule has 4 rings (SSSR count). The number of nitrogens with two attached hydrogens (primary N) is 2.